The zero-order valence-corrected chi connectivity index (χ0v) is 20.4. The lowest BCUT2D eigenvalue weighted by Crippen LogP contribution is -2.38. The molecule has 3 N–H and O–H groups in total. The van der Waals surface area contributed by atoms with E-state index in [1.165, 1.54) is 18.6 Å². The molecule has 0 bridgehead atoms. The monoisotopic (exact) mass is 459 g/mol. The lowest BCUT2D eigenvalue weighted by Gasteiger charge is -2.28. The molecule has 1 aliphatic heterocycles. The van der Waals surface area contributed by atoms with E-state index in [0.29, 0.717) is 41.7 Å². The first kappa shape index (κ1) is 28.0. The number of hydrogen-bond donors (Lipinski definition) is 3. The maximum absolute atomic E-state index is 12.9. The second kappa shape index (κ2) is 15.7. The highest BCUT2D eigenvalue weighted by atomic mass is 19.1. The third-order valence-corrected chi connectivity index (χ3v) is 4.94. The molecule has 1 rings (SSSR count). The minimum Gasteiger partial charge on any atom is -0.381 e. The maximum Gasteiger partial charge on any atom is 0.265 e. The number of amides is 1. The van der Waals surface area contributed by atoms with Crippen LogP contribution in [-0.4, -0.2) is 61.8 Å². The number of aliphatic imine (C=N–C) groups is 3. The highest BCUT2D eigenvalue weighted by Crippen LogP contribution is 2.14. The van der Waals surface area contributed by atoms with Gasteiger partial charge < -0.3 is 20.9 Å². The molecule has 33 heavy (non-hydrogen) atoms. The second-order valence-corrected chi connectivity index (χ2v) is 8.09. The molecule has 1 amide bonds. The number of halogens is 1. The van der Waals surface area contributed by atoms with Crippen molar-refractivity contribution in [3.8, 4) is 0 Å². The first-order chi connectivity index (χ1) is 15.8. The number of nitrogens with one attached hydrogen (secondary N) is 3. The number of carbonyl (C=O) groups is 1. The highest BCUT2D eigenvalue weighted by molar-refractivity contribution is 6.38. The summed E-state index contributed by atoms with van der Waals surface area (Å²) in [6.45, 7) is 13.8. The van der Waals surface area contributed by atoms with Crippen LogP contribution >= 0.6 is 0 Å². The molecule has 1 heterocycles. The van der Waals surface area contributed by atoms with Gasteiger partial charge in [-0.05, 0) is 78.7 Å². The number of likely N-dealkylation sites (tertiary alicyclic amines) is 1. The molecule has 0 aromatic rings. The van der Waals surface area contributed by atoms with Gasteiger partial charge in [-0.2, -0.15) is 0 Å². The number of piperidine rings is 1. The van der Waals surface area contributed by atoms with Gasteiger partial charge >= 0.3 is 0 Å². The molecule has 8 nitrogen and oxygen atoms in total. The Morgan fingerprint density at radius 1 is 1.27 bits per heavy atom. The van der Waals surface area contributed by atoms with Gasteiger partial charge in [-0.1, -0.05) is 6.58 Å². The molecule has 0 spiro atoms. The molecule has 1 fully saturated rings. The van der Waals surface area contributed by atoms with Gasteiger partial charge in [-0.3, -0.25) is 9.79 Å². The molecule has 0 atom stereocenters. The second-order valence-electron chi connectivity index (χ2n) is 8.09. The van der Waals surface area contributed by atoms with Crippen LogP contribution in [-0.2, 0) is 4.79 Å². The molecule has 1 aliphatic rings. The Bertz CT molecular complexity index is 817. The summed E-state index contributed by atoms with van der Waals surface area (Å²) in [5.74, 6) is 0.577. The number of hydrogen-bond acceptors (Lipinski definition) is 6. The molecular formula is C24H38FN7O. The largest absolute Gasteiger partial charge is 0.381 e. The van der Waals surface area contributed by atoms with Crippen LogP contribution in [0.15, 0.2) is 63.5 Å². The molecule has 0 aromatic carbocycles. The van der Waals surface area contributed by atoms with Gasteiger partial charge in [0.05, 0.1) is 23.9 Å². The van der Waals surface area contributed by atoms with Crippen molar-refractivity contribution >= 4 is 24.2 Å². The number of allylic oxidation sites excluding steroid dienone is 2. The fourth-order valence-electron chi connectivity index (χ4n) is 3.06. The van der Waals surface area contributed by atoms with Crippen molar-refractivity contribution in [3.05, 3.63) is 48.5 Å². The van der Waals surface area contributed by atoms with Gasteiger partial charge in [-0.25, -0.2) is 14.4 Å². The van der Waals surface area contributed by atoms with Crippen molar-refractivity contribution in [2.24, 2.45) is 20.9 Å². The molecule has 0 unspecified atom stereocenters. The first-order valence-electron chi connectivity index (χ1n) is 11.2. The van der Waals surface area contributed by atoms with Crippen LogP contribution in [0.4, 0.5) is 4.39 Å². The van der Waals surface area contributed by atoms with Gasteiger partial charge in [-0.15, -0.1) is 0 Å². The minimum absolute atomic E-state index is 0.0714. The lowest BCUT2D eigenvalue weighted by molar-refractivity contribution is -0.115. The highest BCUT2D eigenvalue weighted by Gasteiger charge is 2.17. The number of carbonyl (C=O) groups excluding carboxylic acids is 1. The Kier molecular flexibility index (Phi) is 13.3. The quantitative estimate of drug-likeness (QED) is 0.237. The van der Waals surface area contributed by atoms with Gasteiger partial charge in [0.25, 0.3) is 5.91 Å². The van der Waals surface area contributed by atoms with E-state index in [9.17, 15) is 9.18 Å². The maximum atomic E-state index is 12.9. The molecule has 182 valence electrons. The summed E-state index contributed by atoms with van der Waals surface area (Å²) in [5.41, 5.74) is 1.31. The van der Waals surface area contributed by atoms with Crippen molar-refractivity contribution < 1.29 is 9.18 Å². The predicted molar refractivity (Wildman–Crippen MR) is 136 cm³/mol. The Morgan fingerprint density at radius 2 is 1.97 bits per heavy atom. The van der Waals surface area contributed by atoms with Crippen LogP contribution in [0.1, 0.15) is 40.5 Å². The molecular weight excluding hydrogens is 421 g/mol. The van der Waals surface area contributed by atoms with Gasteiger partial charge in [0.1, 0.15) is 12.1 Å². The standard InChI is InChI=1S/C24H38FN7O/c1-7-21(22(9-12-25)30-18(3)4)31-23(29-17-26-8-2)16-27-19(5)24(33)28-15-20-10-13-32(6)14-11-20/h7-9,12,16-18,20,30-31H,1,10-11,13-15H2,2-6H3,(H,28,33)/b12-9+,22-21-,23-16-,26-8?,27-19?,29-17?. The fourth-order valence-corrected chi connectivity index (χ4v) is 3.06. The summed E-state index contributed by atoms with van der Waals surface area (Å²) in [7, 11) is 2.11. The molecule has 9 heteroatoms. The Hall–Kier alpha value is -3.07. The summed E-state index contributed by atoms with van der Waals surface area (Å²) >= 11 is 0. The lowest BCUT2D eigenvalue weighted by atomic mass is 9.97. The van der Waals surface area contributed by atoms with E-state index in [1.54, 1.807) is 26.1 Å². The number of rotatable bonds is 12. The number of nitrogens with zero attached hydrogens (tertiary/aromatic N) is 4. The van der Waals surface area contributed by atoms with Gasteiger partial charge in [0, 0.05) is 18.8 Å². The fraction of sp³-hybridized carbons (Fsp3) is 0.500. The average molecular weight is 460 g/mol. The third kappa shape index (κ3) is 11.4. The summed E-state index contributed by atoms with van der Waals surface area (Å²) < 4.78 is 12.9. The Balaban J connectivity index is 2.99. The summed E-state index contributed by atoms with van der Waals surface area (Å²) in [5, 5.41) is 9.17. The van der Waals surface area contributed by atoms with Crippen LogP contribution in [0, 0.1) is 5.92 Å². The molecule has 0 radical (unpaired) electrons. The van der Waals surface area contributed by atoms with E-state index >= 15 is 0 Å². The van der Waals surface area contributed by atoms with E-state index in [1.807, 2.05) is 13.8 Å². The normalized spacial score (nSPS) is 17.8. The molecule has 1 saturated heterocycles. The summed E-state index contributed by atoms with van der Waals surface area (Å²) in [4.78, 5) is 27.2. The van der Waals surface area contributed by atoms with Crippen LogP contribution in [0.25, 0.3) is 0 Å². The van der Waals surface area contributed by atoms with E-state index in [4.69, 9.17) is 0 Å². The van der Waals surface area contributed by atoms with E-state index in [-0.39, 0.29) is 11.9 Å². The smallest absolute Gasteiger partial charge is 0.265 e. The van der Waals surface area contributed by atoms with E-state index in [2.05, 4.69) is 49.5 Å². The Labute approximate surface area is 197 Å². The van der Waals surface area contributed by atoms with Crippen LogP contribution in [0.5, 0.6) is 0 Å². The predicted octanol–water partition coefficient (Wildman–Crippen LogP) is 3.29. The van der Waals surface area contributed by atoms with Gasteiger partial charge in [0.2, 0.25) is 0 Å². The Morgan fingerprint density at radius 3 is 2.55 bits per heavy atom. The van der Waals surface area contributed by atoms with Crippen LogP contribution in [0.3, 0.4) is 0 Å². The average Bonchev–Trinajstić information content (AvgIpc) is 2.79. The topological polar surface area (TPSA) is 93.5 Å². The van der Waals surface area contributed by atoms with Gasteiger partial charge in [0.15, 0.2) is 5.82 Å². The minimum atomic E-state index is -0.220. The van der Waals surface area contributed by atoms with Crippen molar-refractivity contribution in [3.63, 3.8) is 0 Å². The zero-order valence-electron chi connectivity index (χ0n) is 20.4. The van der Waals surface area contributed by atoms with Crippen molar-refractivity contribution in [2.45, 2.75) is 46.6 Å². The van der Waals surface area contributed by atoms with Crippen LogP contribution < -0.4 is 16.0 Å². The van der Waals surface area contributed by atoms with Crippen LogP contribution in [0.2, 0.25) is 0 Å². The van der Waals surface area contributed by atoms with Crippen molar-refractivity contribution in [1.82, 2.24) is 20.9 Å². The SMILES string of the molecule is C=C/C(N/C(=C\N=C(C)C(=O)NCC1CCN(C)CC1)N=CN=CC)=C(\C=C\F)NC(C)C. The molecule has 0 saturated carbocycles. The molecule has 0 aliphatic carbocycles. The van der Waals surface area contributed by atoms with E-state index < -0.39 is 0 Å². The zero-order chi connectivity index (χ0) is 24.6. The summed E-state index contributed by atoms with van der Waals surface area (Å²) in [6, 6.07) is 0.0714. The third-order valence-electron chi connectivity index (χ3n) is 4.94. The van der Waals surface area contributed by atoms with E-state index in [0.717, 1.165) is 25.9 Å². The van der Waals surface area contributed by atoms with Crippen molar-refractivity contribution in [1.29, 1.82) is 0 Å². The summed E-state index contributed by atoms with van der Waals surface area (Å²) in [6.07, 6.45) is 9.80. The van der Waals surface area contributed by atoms with Crippen molar-refractivity contribution in [2.75, 3.05) is 26.7 Å². The molecule has 0 aromatic heterocycles. The first-order valence-corrected chi connectivity index (χ1v) is 11.2.